The topological polar surface area (TPSA) is 111 Å². The molecule has 49 heavy (non-hydrogen) atoms. The van der Waals surface area contributed by atoms with Gasteiger partial charge in [0.05, 0.1) is 35.6 Å². The van der Waals surface area contributed by atoms with E-state index in [9.17, 15) is 9.59 Å². The molecule has 3 saturated carbocycles. The molecule has 6 atom stereocenters. The Bertz CT molecular complexity index is 1720. The van der Waals surface area contributed by atoms with Crippen molar-refractivity contribution in [3.05, 3.63) is 90.1 Å². The lowest BCUT2D eigenvalue weighted by molar-refractivity contribution is -0.199. The van der Waals surface area contributed by atoms with Crippen molar-refractivity contribution in [3.8, 4) is 11.3 Å². The van der Waals surface area contributed by atoms with Crippen LogP contribution in [0.1, 0.15) is 76.2 Å². The molecule has 2 aromatic carbocycles. The van der Waals surface area contributed by atoms with Crippen LogP contribution in [-0.4, -0.2) is 59.4 Å². The number of nitrogens with zero attached hydrogens (tertiary/aromatic N) is 2. The number of oxime groups is 1. The van der Waals surface area contributed by atoms with Crippen LogP contribution >= 0.6 is 0 Å². The standard InChI is InChI=1S/C39H47BN4O5/c1-25(2)18-34(40-47-33-21-29-20-32(37(29,3)4)38(33,5)48-40)43-36(46)39(22-26-12-7-6-8-13-26)23-30(44-49-39)24-42-35(45)28-15-11-14-27(19-28)31-16-9-10-17-41-31/h6-17,19,25,29,32-34H,18,20-24H2,1-5H3,(H,42,45)(H,43,46)/t29-,32-,33+,34-,38-,39?/m0/s1. The van der Waals surface area contributed by atoms with E-state index in [4.69, 9.17) is 14.1 Å². The number of nitrogens with one attached hydrogen (secondary N) is 2. The van der Waals surface area contributed by atoms with E-state index >= 15 is 0 Å². The van der Waals surface area contributed by atoms with E-state index < -0.39 is 12.7 Å². The number of carbonyl (C=O) groups is 2. The molecule has 3 heterocycles. The highest BCUT2D eigenvalue weighted by molar-refractivity contribution is 6.48. The Morgan fingerprint density at radius 2 is 1.80 bits per heavy atom. The summed E-state index contributed by atoms with van der Waals surface area (Å²) < 4.78 is 13.5. The van der Waals surface area contributed by atoms with Gasteiger partial charge in [-0.25, -0.2) is 0 Å². The monoisotopic (exact) mass is 662 g/mol. The Labute approximate surface area is 289 Å². The van der Waals surface area contributed by atoms with Crippen LogP contribution in [0.25, 0.3) is 11.3 Å². The number of rotatable bonds is 11. The SMILES string of the molecule is CC(C)C[C@H](NC(=O)C1(Cc2ccccc2)CC(CNC(=O)c2cccc(-c3ccccn3)c2)=NO1)B1O[C@@H]2C[C@@H]3C[C@@H](C3(C)C)[C@]2(C)O1. The molecule has 3 aliphatic carbocycles. The Morgan fingerprint density at radius 1 is 1.00 bits per heavy atom. The first kappa shape index (κ1) is 33.5. The highest BCUT2D eigenvalue weighted by Crippen LogP contribution is 2.65. The summed E-state index contributed by atoms with van der Waals surface area (Å²) in [4.78, 5) is 38.2. The van der Waals surface area contributed by atoms with Crippen molar-refractivity contribution in [3.63, 3.8) is 0 Å². The highest BCUT2D eigenvalue weighted by atomic mass is 16.7. The van der Waals surface area contributed by atoms with E-state index in [0.717, 1.165) is 29.7 Å². The predicted octanol–water partition coefficient (Wildman–Crippen LogP) is 6.03. The van der Waals surface area contributed by atoms with Gasteiger partial charge < -0.3 is 24.8 Å². The summed E-state index contributed by atoms with van der Waals surface area (Å²) in [5.74, 6) is 0.502. The molecule has 10 heteroatoms. The van der Waals surface area contributed by atoms with Crippen LogP contribution in [0, 0.1) is 23.2 Å². The predicted molar refractivity (Wildman–Crippen MR) is 190 cm³/mol. The average Bonchev–Trinajstić information content (AvgIpc) is 3.68. The molecule has 4 fully saturated rings. The van der Waals surface area contributed by atoms with Crippen molar-refractivity contribution in [2.24, 2.45) is 28.3 Å². The van der Waals surface area contributed by atoms with Crippen LogP contribution in [0.4, 0.5) is 0 Å². The fourth-order valence-corrected chi connectivity index (χ4v) is 8.62. The van der Waals surface area contributed by atoms with Gasteiger partial charge in [-0.15, -0.1) is 0 Å². The summed E-state index contributed by atoms with van der Waals surface area (Å²) in [5.41, 5.74) is 2.28. The van der Waals surface area contributed by atoms with Gasteiger partial charge in [-0.3, -0.25) is 14.6 Å². The fraction of sp³-hybridized carbons (Fsp3) is 0.487. The van der Waals surface area contributed by atoms with E-state index in [1.165, 1.54) is 0 Å². The van der Waals surface area contributed by atoms with Crippen molar-refractivity contribution in [2.75, 3.05) is 6.54 Å². The second kappa shape index (κ2) is 13.0. The summed E-state index contributed by atoms with van der Waals surface area (Å²) in [6.45, 7) is 11.3. The van der Waals surface area contributed by atoms with Gasteiger partial charge in [0.25, 0.3) is 11.8 Å². The maximum absolute atomic E-state index is 14.5. The largest absolute Gasteiger partial charge is 0.481 e. The van der Waals surface area contributed by atoms with Gasteiger partial charge in [-0.1, -0.05) is 81.4 Å². The summed E-state index contributed by atoms with van der Waals surface area (Å²) >= 11 is 0. The van der Waals surface area contributed by atoms with E-state index in [0.29, 0.717) is 41.9 Å². The number of amides is 2. The number of benzene rings is 2. The Morgan fingerprint density at radius 3 is 2.53 bits per heavy atom. The average molecular weight is 663 g/mol. The zero-order valence-corrected chi connectivity index (χ0v) is 29.1. The number of aromatic nitrogens is 1. The Kier molecular flexibility index (Phi) is 8.90. The van der Waals surface area contributed by atoms with Gasteiger partial charge >= 0.3 is 7.12 Å². The maximum atomic E-state index is 14.5. The summed E-state index contributed by atoms with van der Waals surface area (Å²) in [5, 5.41) is 10.7. The fourth-order valence-electron chi connectivity index (χ4n) is 8.62. The van der Waals surface area contributed by atoms with Crippen molar-refractivity contribution in [1.29, 1.82) is 0 Å². The molecule has 1 aromatic heterocycles. The van der Waals surface area contributed by atoms with Crippen LogP contribution in [0.2, 0.25) is 0 Å². The van der Waals surface area contributed by atoms with E-state index in [1.807, 2.05) is 66.7 Å². The molecule has 2 N–H and O–H groups in total. The molecule has 2 amide bonds. The Hall–Kier alpha value is -4.02. The number of pyridine rings is 1. The molecule has 3 aromatic rings. The molecule has 5 aliphatic rings. The molecule has 0 spiro atoms. The summed E-state index contributed by atoms with van der Waals surface area (Å²) in [6, 6.07) is 22.9. The zero-order valence-electron chi connectivity index (χ0n) is 29.1. The maximum Gasteiger partial charge on any atom is 0.481 e. The van der Waals surface area contributed by atoms with Crippen LogP contribution in [-0.2, 0) is 25.4 Å². The minimum Gasteiger partial charge on any atom is -0.404 e. The van der Waals surface area contributed by atoms with E-state index in [2.05, 4.69) is 55.4 Å². The van der Waals surface area contributed by atoms with Crippen molar-refractivity contribution in [2.45, 2.75) is 90.0 Å². The van der Waals surface area contributed by atoms with Gasteiger partial charge in [-0.2, -0.15) is 0 Å². The first-order valence-electron chi connectivity index (χ1n) is 17.7. The lowest BCUT2D eigenvalue weighted by Crippen LogP contribution is -2.65. The lowest BCUT2D eigenvalue weighted by Gasteiger charge is -2.64. The van der Waals surface area contributed by atoms with Crippen LogP contribution in [0.15, 0.2) is 84.1 Å². The third kappa shape index (κ3) is 6.41. The molecular weight excluding hydrogens is 615 g/mol. The number of carbonyl (C=O) groups excluding carboxylic acids is 2. The summed E-state index contributed by atoms with van der Waals surface area (Å²) in [7, 11) is -0.548. The minimum absolute atomic E-state index is 0.0186. The first-order chi connectivity index (χ1) is 23.5. The molecule has 0 radical (unpaired) electrons. The van der Waals surface area contributed by atoms with Gasteiger partial charge in [0.1, 0.15) is 0 Å². The van der Waals surface area contributed by atoms with Gasteiger partial charge in [0.2, 0.25) is 5.60 Å². The molecule has 2 aliphatic heterocycles. The molecule has 256 valence electrons. The smallest absolute Gasteiger partial charge is 0.404 e. The van der Waals surface area contributed by atoms with Crippen molar-refractivity contribution < 1.29 is 23.7 Å². The van der Waals surface area contributed by atoms with Gasteiger partial charge in [0.15, 0.2) is 0 Å². The van der Waals surface area contributed by atoms with E-state index in [1.54, 1.807) is 12.3 Å². The summed E-state index contributed by atoms with van der Waals surface area (Å²) in [6.07, 6.45) is 5.15. The van der Waals surface area contributed by atoms with Crippen LogP contribution in [0.3, 0.4) is 0 Å². The van der Waals surface area contributed by atoms with Crippen LogP contribution < -0.4 is 10.6 Å². The zero-order chi connectivity index (χ0) is 34.4. The third-order valence-electron chi connectivity index (χ3n) is 11.5. The lowest BCUT2D eigenvalue weighted by atomic mass is 9.43. The Balaban J connectivity index is 1.06. The quantitative estimate of drug-likeness (QED) is 0.243. The normalized spacial score (nSPS) is 28.6. The van der Waals surface area contributed by atoms with Crippen molar-refractivity contribution in [1.82, 2.24) is 15.6 Å². The molecule has 8 rings (SSSR count). The van der Waals surface area contributed by atoms with Crippen LogP contribution in [0.5, 0.6) is 0 Å². The first-order valence-corrected chi connectivity index (χ1v) is 17.7. The molecule has 1 unspecified atom stereocenters. The number of hydrogen-bond donors (Lipinski definition) is 2. The van der Waals surface area contributed by atoms with Gasteiger partial charge in [-0.05, 0) is 79.2 Å². The molecule has 2 bridgehead atoms. The van der Waals surface area contributed by atoms with Crippen molar-refractivity contribution >= 4 is 24.6 Å². The van der Waals surface area contributed by atoms with E-state index in [-0.39, 0.29) is 47.8 Å². The highest BCUT2D eigenvalue weighted by Gasteiger charge is 2.68. The molecule has 9 nitrogen and oxygen atoms in total. The molecular formula is C39H47BN4O5. The molecule has 1 saturated heterocycles. The van der Waals surface area contributed by atoms with Gasteiger partial charge in [0, 0.05) is 30.2 Å². The third-order valence-corrected chi connectivity index (χ3v) is 11.5. The second-order valence-electron chi connectivity index (χ2n) is 15.6. The number of hydrogen-bond acceptors (Lipinski definition) is 7. The minimum atomic E-state index is -1.28. The second-order valence-corrected chi connectivity index (χ2v) is 15.6.